The van der Waals surface area contributed by atoms with E-state index >= 15 is 0 Å². The molecule has 2 rings (SSSR count). The third kappa shape index (κ3) is 6.20. The molecule has 4 nitrogen and oxygen atoms in total. The van der Waals surface area contributed by atoms with Crippen LogP contribution in [0, 0.1) is 13.8 Å². The zero-order valence-electron chi connectivity index (χ0n) is 13.4. The number of thiazole rings is 1. The predicted octanol–water partition coefficient (Wildman–Crippen LogP) is 3.93. The second kappa shape index (κ2) is 8.89. The van der Waals surface area contributed by atoms with E-state index in [2.05, 4.69) is 15.7 Å². The van der Waals surface area contributed by atoms with Gasteiger partial charge in [0.25, 0.3) is 5.91 Å². The van der Waals surface area contributed by atoms with Crippen molar-refractivity contribution in [2.24, 2.45) is 0 Å². The third-order valence-corrected chi connectivity index (χ3v) is 4.76. The summed E-state index contributed by atoms with van der Waals surface area (Å²) < 4.78 is 5.45. The molecule has 0 bridgehead atoms. The molecule has 0 aliphatic heterocycles. The molecule has 0 aliphatic rings. The molecule has 0 unspecified atom stereocenters. The lowest BCUT2D eigenvalue weighted by atomic mass is 10.2. The Bertz CT molecular complexity index is 658. The van der Waals surface area contributed by atoms with Crippen molar-refractivity contribution in [3.05, 3.63) is 44.9 Å². The van der Waals surface area contributed by atoms with Gasteiger partial charge in [-0.1, -0.05) is 11.6 Å². The fraction of sp³-hybridized carbons (Fsp3) is 0.412. The van der Waals surface area contributed by atoms with Crippen molar-refractivity contribution in [2.75, 3.05) is 13.2 Å². The average molecular weight is 353 g/mol. The Morgan fingerprint density at radius 2 is 2.17 bits per heavy atom. The van der Waals surface area contributed by atoms with E-state index in [1.54, 1.807) is 23.5 Å². The van der Waals surface area contributed by atoms with Crippen LogP contribution in [0.3, 0.4) is 0 Å². The molecule has 0 atom stereocenters. The molecule has 23 heavy (non-hydrogen) atoms. The quantitative estimate of drug-likeness (QED) is 0.732. The van der Waals surface area contributed by atoms with Crippen molar-refractivity contribution in [2.45, 2.75) is 33.1 Å². The summed E-state index contributed by atoms with van der Waals surface area (Å²) in [4.78, 5) is 16.2. The molecule has 0 fully saturated rings. The average Bonchev–Trinajstić information content (AvgIpc) is 2.93. The van der Waals surface area contributed by atoms with Gasteiger partial charge in [0.05, 0.1) is 5.01 Å². The van der Waals surface area contributed by atoms with E-state index in [1.807, 2.05) is 19.9 Å². The van der Waals surface area contributed by atoms with Crippen molar-refractivity contribution in [3.8, 4) is 5.75 Å². The Kier molecular flexibility index (Phi) is 6.86. The topological polar surface area (TPSA) is 51.2 Å². The molecule has 124 valence electrons. The number of hydrogen-bond acceptors (Lipinski definition) is 4. The number of rotatable bonds is 8. The second-order valence-electron chi connectivity index (χ2n) is 5.39. The highest BCUT2D eigenvalue weighted by molar-refractivity contribution is 7.09. The highest BCUT2D eigenvalue weighted by Gasteiger charge is 2.04. The van der Waals surface area contributed by atoms with Gasteiger partial charge in [0, 0.05) is 22.6 Å². The minimum absolute atomic E-state index is 0.0206. The first-order chi connectivity index (χ1) is 11.0. The van der Waals surface area contributed by atoms with E-state index in [-0.39, 0.29) is 12.5 Å². The van der Waals surface area contributed by atoms with Crippen LogP contribution in [0.4, 0.5) is 0 Å². The smallest absolute Gasteiger partial charge is 0.257 e. The third-order valence-electron chi connectivity index (χ3n) is 3.31. The number of ether oxygens (including phenoxy) is 1. The number of aryl methyl sites for hydroxylation is 3. The number of unbranched alkanes of at least 4 members (excludes halogenated alkanes) is 1. The molecule has 0 aliphatic carbocycles. The molecule has 1 N–H and O–H groups in total. The second-order valence-corrected chi connectivity index (χ2v) is 6.74. The number of hydrogen-bond donors (Lipinski definition) is 1. The van der Waals surface area contributed by atoms with E-state index < -0.39 is 0 Å². The maximum absolute atomic E-state index is 11.7. The molecular formula is C17H21ClN2O2S. The van der Waals surface area contributed by atoms with Crippen LogP contribution < -0.4 is 10.1 Å². The zero-order valence-corrected chi connectivity index (χ0v) is 15.0. The molecule has 1 aromatic heterocycles. The van der Waals surface area contributed by atoms with Gasteiger partial charge in [-0.3, -0.25) is 4.79 Å². The van der Waals surface area contributed by atoms with Gasteiger partial charge in [-0.15, -0.1) is 11.3 Å². The molecule has 0 spiro atoms. The molecular weight excluding hydrogens is 332 g/mol. The summed E-state index contributed by atoms with van der Waals surface area (Å²) in [5.41, 5.74) is 2.01. The highest BCUT2D eigenvalue weighted by Crippen LogP contribution is 2.20. The lowest BCUT2D eigenvalue weighted by Crippen LogP contribution is -2.29. The van der Waals surface area contributed by atoms with Gasteiger partial charge in [-0.05, 0) is 56.9 Å². The van der Waals surface area contributed by atoms with Gasteiger partial charge < -0.3 is 10.1 Å². The number of carbonyl (C=O) groups excluding carboxylic acids is 1. The van der Waals surface area contributed by atoms with Crippen LogP contribution in [0.1, 0.15) is 29.1 Å². The van der Waals surface area contributed by atoms with Crippen molar-refractivity contribution < 1.29 is 9.53 Å². The fourth-order valence-electron chi connectivity index (χ4n) is 2.05. The molecule has 1 aromatic carbocycles. The molecule has 1 heterocycles. The summed E-state index contributed by atoms with van der Waals surface area (Å²) in [5, 5.41) is 6.78. The minimum atomic E-state index is -0.109. The van der Waals surface area contributed by atoms with Gasteiger partial charge in [-0.2, -0.15) is 0 Å². The number of nitrogens with one attached hydrogen (secondary N) is 1. The van der Waals surface area contributed by atoms with E-state index in [0.717, 1.165) is 35.5 Å². The van der Waals surface area contributed by atoms with Gasteiger partial charge in [0.2, 0.25) is 0 Å². The van der Waals surface area contributed by atoms with E-state index in [1.165, 1.54) is 0 Å². The van der Waals surface area contributed by atoms with Crippen LogP contribution >= 0.6 is 22.9 Å². The van der Waals surface area contributed by atoms with Crippen LogP contribution in [-0.2, 0) is 11.2 Å². The number of amides is 1. The van der Waals surface area contributed by atoms with Crippen LogP contribution in [0.25, 0.3) is 0 Å². The summed E-state index contributed by atoms with van der Waals surface area (Å²) >= 11 is 7.64. The summed E-state index contributed by atoms with van der Waals surface area (Å²) in [6.45, 7) is 4.58. The Labute approximate surface area is 145 Å². The molecule has 1 amide bonds. The van der Waals surface area contributed by atoms with Crippen LogP contribution in [0.15, 0.2) is 23.6 Å². The first-order valence-corrected chi connectivity index (χ1v) is 8.87. The van der Waals surface area contributed by atoms with E-state index in [0.29, 0.717) is 17.3 Å². The van der Waals surface area contributed by atoms with Crippen molar-refractivity contribution >= 4 is 28.8 Å². The number of carbonyl (C=O) groups is 1. The lowest BCUT2D eigenvalue weighted by Gasteiger charge is -2.08. The number of aromatic nitrogens is 1. The van der Waals surface area contributed by atoms with Crippen LogP contribution in [0.5, 0.6) is 5.75 Å². The monoisotopic (exact) mass is 352 g/mol. The maximum atomic E-state index is 11.7. The van der Waals surface area contributed by atoms with E-state index in [4.69, 9.17) is 16.3 Å². The van der Waals surface area contributed by atoms with Crippen molar-refractivity contribution in [3.63, 3.8) is 0 Å². The summed E-state index contributed by atoms with van der Waals surface area (Å²) in [7, 11) is 0. The van der Waals surface area contributed by atoms with Gasteiger partial charge in [0.15, 0.2) is 6.61 Å². The first-order valence-electron chi connectivity index (χ1n) is 7.61. The van der Waals surface area contributed by atoms with E-state index in [9.17, 15) is 4.79 Å². The molecule has 0 radical (unpaired) electrons. The molecule has 6 heteroatoms. The van der Waals surface area contributed by atoms with Crippen molar-refractivity contribution in [1.29, 1.82) is 0 Å². The largest absolute Gasteiger partial charge is 0.484 e. The Balaban J connectivity index is 1.58. The standard InChI is InChI=1S/C17H21ClN2O2S/c1-12-9-14(6-7-15(12)18)22-10-16(21)19-8-4-3-5-17-20-13(2)11-23-17/h6-7,9,11H,3-5,8,10H2,1-2H3,(H,19,21). The number of halogens is 1. The fourth-order valence-corrected chi connectivity index (χ4v) is 2.99. The van der Waals surface area contributed by atoms with Gasteiger partial charge in [0.1, 0.15) is 5.75 Å². The summed E-state index contributed by atoms with van der Waals surface area (Å²) in [6.07, 6.45) is 2.92. The van der Waals surface area contributed by atoms with Crippen molar-refractivity contribution in [1.82, 2.24) is 10.3 Å². The molecule has 0 saturated heterocycles. The molecule has 2 aromatic rings. The predicted molar refractivity (Wildman–Crippen MR) is 94.5 cm³/mol. The van der Waals surface area contributed by atoms with Crippen LogP contribution in [0.2, 0.25) is 5.02 Å². The van der Waals surface area contributed by atoms with Gasteiger partial charge in [-0.25, -0.2) is 4.98 Å². The Morgan fingerprint density at radius 1 is 1.35 bits per heavy atom. The van der Waals surface area contributed by atoms with Crippen LogP contribution in [-0.4, -0.2) is 24.0 Å². The summed E-state index contributed by atoms with van der Waals surface area (Å²) in [6, 6.07) is 5.36. The normalized spacial score (nSPS) is 10.6. The SMILES string of the molecule is Cc1csc(CCCCNC(=O)COc2ccc(Cl)c(C)c2)n1. The van der Waals surface area contributed by atoms with Gasteiger partial charge >= 0.3 is 0 Å². The number of nitrogens with zero attached hydrogens (tertiary/aromatic N) is 1. The highest BCUT2D eigenvalue weighted by atomic mass is 35.5. The lowest BCUT2D eigenvalue weighted by molar-refractivity contribution is -0.123. The summed E-state index contributed by atoms with van der Waals surface area (Å²) in [5.74, 6) is 0.545. The maximum Gasteiger partial charge on any atom is 0.257 e. The molecule has 0 saturated carbocycles. The number of benzene rings is 1. The Hall–Kier alpha value is -1.59. The zero-order chi connectivity index (χ0) is 16.7. The first kappa shape index (κ1) is 17.8. The Morgan fingerprint density at radius 3 is 2.87 bits per heavy atom. The minimum Gasteiger partial charge on any atom is -0.484 e.